The molecule has 1 aromatic heterocycles. The van der Waals surface area contributed by atoms with Gasteiger partial charge in [0.2, 0.25) is 5.91 Å². The highest BCUT2D eigenvalue weighted by molar-refractivity contribution is 7.18. The number of carbonyl (C=O) groups excluding carboxylic acids is 2. The standard InChI is InChI=1S/C24H27N3O2S/c1-4-22(28)25-16-18-10-12-19(13-11-18)24(29)27(5-2)15-14-17(3)23-26-20-8-6-7-9-21(20)30-23/h4,6-13,17H,1,5,14-16H2,2-3H3,(H,25,28). The lowest BCUT2D eigenvalue weighted by atomic mass is 10.1. The molecule has 1 atom stereocenters. The van der Waals surface area contributed by atoms with Crippen molar-refractivity contribution in [2.24, 2.45) is 0 Å². The predicted octanol–water partition coefficient (Wildman–Crippen LogP) is 4.75. The van der Waals surface area contributed by atoms with Crippen molar-refractivity contribution in [2.75, 3.05) is 13.1 Å². The Morgan fingerprint density at radius 2 is 1.93 bits per heavy atom. The highest BCUT2D eigenvalue weighted by atomic mass is 32.1. The molecular formula is C24H27N3O2S. The van der Waals surface area contributed by atoms with Gasteiger partial charge in [-0.2, -0.15) is 0 Å². The molecule has 1 heterocycles. The Labute approximate surface area is 181 Å². The van der Waals surface area contributed by atoms with Crippen LogP contribution in [-0.2, 0) is 11.3 Å². The molecule has 2 amide bonds. The quantitative estimate of drug-likeness (QED) is 0.507. The number of para-hydroxylation sites is 1. The zero-order valence-electron chi connectivity index (χ0n) is 17.4. The molecule has 1 unspecified atom stereocenters. The molecule has 0 bridgehead atoms. The minimum atomic E-state index is -0.213. The summed E-state index contributed by atoms with van der Waals surface area (Å²) in [6.45, 7) is 9.35. The van der Waals surface area contributed by atoms with Gasteiger partial charge in [0.05, 0.1) is 15.2 Å². The number of benzene rings is 2. The van der Waals surface area contributed by atoms with Crippen LogP contribution in [0.2, 0.25) is 0 Å². The van der Waals surface area contributed by atoms with Crippen molar-refractivity contribution in [2.45, 2.75) is 32.7 Å². The molecule has 30 heavy (non-hydrogen) atoms. The second kappa shape index (κ2) is 10.2. The van der Waals surface area contributed by atoms with Crippen molar-refractivity contribution in [1.82, 2.24) is 15.2 Å². The van der Waals surface area contributed by atoms with Gasteiger partial charge in [-0.3, -0.25) is 9.59 Å². The zero-order chi connectivity index (χ0) is 21.5. The van der Waals surface area contributed by atoms with Gasteiger partial charge >= 0.3 is 0 Å². The van der Waals surface area contributed by atoms with Crippen LogP contribution in [0.1, 0.15) is 47.1 Å². The Morgan fingerprint density at radius 1 is 1.20 bits per heavy atom. The number of aromatic nitrogens is 1. The Balaban J connectivity index is 1.58. The molecule has 0 fully saturated rings. The van der Waals surface area contributed by atoms with Crippen LogP contribution in [0.15, 0.2) is 61.2 Å². The van der Waals surface area contributed by atoms with Crippen molar-refractivity contribution in [1.29, 1.82) is 0 Å². The minimum absolute atomic E-state index is 0.0238. The highest BCUT2D eigenvalue weighted by Crippen LogP contribution is 2.29. The highest BCUT2D eigenvalue weighted by Gasteiger charge is 2.17. The van der Waals surface area contributed by atoms with Gasteiger partial charge in [-0.1, -0.05) is 37.8 Å². The molecule has 0 aliphatic carbocycles. The predicted molar refractivity (Wildman–Crippen MR) is 123 cm³/mol. The van der Waals surface area contributed by atoms with E-state index in [1.807, 2.05) is 54.3 Å². The third-order valence-electron chi connectivity index (χ3n) is 5.09. The maximum Gasteiger partial charge on any atom is 0.253 e. The van der Waals surface area contributed by atoms with Crippen LogP contribution in [-0.4, -0.2) is 34.8 Å². The van der Waals surface area contributed by atoms with Crippen molar-refractivity contribution in [3.05, 3.63) is 77.3 Å². The van der Waals surface area contributed by atoms with Gasteiger partial charge in [0, 0.05) is 31.1 Å². The molecule has 0 aliphatic heterocycles. The molecule has 5 nitrogen and oxygen atoms in total. The van der Waals surface area contributed by atoms with Gasteiger partial charge in [0.25, 0.3) is 5.91 Å². The molecule has 0 saturated carbocycles. The lowest BCUT2D eigenvalue weighted by Crippen LogP contribution is -2.32. The summed E-state index contributed by atoms with van der Waals surface area (Å²) in [7, 11) is 0. The minimum Gasteiger partial charge on any atom is -0.348 e. The maximum absolute atomic E-state index is 12.9. The second-order valence-corrected chi connectivity index (χ2v) is 8.28. The normalized spacial score (nSPS) is 11.8. The largest absolute Gasteiger partial charge is 0.348 e. The number of carbonyl (C=O) groups is 2. The Kier molecular flexibility index (Phi) is 7.36. The fraction of sp³-hybridized carbons (Fsp3) is 0.292. The van der Waals surface area contributed by atoms with Crippen LogP contribution in [0.4, 0.5) is 0 Å². The third-order valence-corrected chi connectivity index (χ3v) is 6.35. The van der Waals surface area contributed by atoms with E-state index in [4.69, 9.17) is 4.98 Å². The molecule has 3 rings (SSSR count). The average Bonchev–Trinajstić information content (AvgIpc) is 3.22. The summed E-state index contributed by atoms with van der Waals surface area (Å²) >= 11 is 1.73. The Hall–Kier alpha value is -2.99. The van der Waals surface area contributed by atoms with Crippen LogP contribution < -0.4 is 5.32 Å². The van der Waals surface area contributed by atoms with Crippen LogP contribution >= 0.6 is 11.3 Å². The first-order valence-corrected chi connectivity index (χ1v) is 11.0. The van der Waals surface area contributed by atoms with Crippen molar-refractivity contribution >= 4 is 33.4 Å². The van der Waals surface area contributed by atoms with Gasteiger partial charge in [-0.05, 0) is 49.2 Å². The van der Waals surface area contributed by atoms with Gasteiger partial charge in [0.15, 0.2) is 0 Å². The summed E-state index contributed by atoms with van der Waals surface area (Å²) in [5.41, 5.74) is 2.63. The number of nitrogens with zero attached hydrogens (tertiary/aromatic N) is 2. The van der Waals surface area contributed by atoms with Crippen molar-refractivity contribution < 1.29 is 9.59 Å². The van der Waals surface area contributed by atoms with Crippen LogP contribution in [0.3, 0.4) is 0 Å². The topological polar surface area (TPSA) is 62.3 Å². The summed E-state index contributed by atoms with van der Waals surface area (Å²) in [5, 5.41) is 3.85. The molecule has 2 aromatic carbocycles. The van der Waals surface area contributed by atoms with E-state index >= 15 is 0 Å². The first-order chi connectivity index (χ1) is 14.5. The number of thiazole rings is 1. The van der Waals surface area contributed by atoms with E-state index in [2.05, 4.69) is 24.9 Å². The summed E-state index contributed by atoms with van der Waals surface area (Å²) < 4.78 is 1.20. The van der Waals surface area contributed by atoms with E-state index in [0.717, 1.165) is 22.5 Å². The fourth-order valence-electron chi connectivity index (χ4n) is 3.19. The summed E-state index contributed by atoms with van der Waals surface area (Å²) in [6, 6.07) is 15.5. The van der Waals surface area contributed by atoms with Crippen LogP contribution in [0, 0.1) is 0 Å². The van der Waals surface area contributed by atoms with Gasteiger partial charge in [-0.25, -0.2) is 4.98 Å². The number of hydrogen-bond acceptors (Lipinski definition) is 4. The van der Waals surface area contributed by atoms with Crippen molar-refractivity contribution in [3.63, 3.8) is 0 Å². The average molecular weight is 422 g/mol. The van der Waals surface area contributed by atoms with Gasteiger partial charge < -0.3 is 10.2 Å². The first kappa shape index (κ1) is 21.7. The van der Waals surface area contributed by atoms with Crippen LogP contribution in [0.25, 0.3) is 10.2 Å². The molecule has 156 valence electrons. The van der Waals surface area contributed by atoms with Gasteiger partial charge in [0.1, 0.15) is 0 Å². The molecule has 0 saturated heterocycles. The Morgan fingerprint density at radius 3 is 2.60 bits per heavy atom. The molecule has 0 spiro atoms. The first-order valence-electron chi connectivity index (χ1n) is 10.2. The second-order valence-electron chi connectivity index (χ2n) is 7.21. The lowest BCUT2D eigenvalue weighted by Gasteiger charge is -2.22. The summed E-state index contributed by atoms with van der Waals surface area (Å²) in [6.07, 6.45) is 2.11. The van der Waals surface area contributed by atoms with E-state index in [9.17, 15) is 9.59 Å². The number of fused-ring (bicyclic) bond motifs is 1. The van der Waals surface area contributed by atoms with E-state index in [1.165, 1.54) is 10.8 Å². The molecule has 1 N–H and O–H groups in total. The molecular weight excluding hydrogens is 394 g/mol. The van der Waals surface area contributed by atoms with E-state index < -0.39 is 0 Å². The van der Waals surface area contributed by atoms with Crippen LogP contribution in [0.5, 0.6) is 0 Å². The van der Waals surface area contributed by atoms with E-state index in [1.54, 1.807) is 11.3 Å². The molecule has 3 aromatic rings. The summed E-state index contributed by atoms with van der Waals surface area (Å²) in [5.74, 6) is 0.102. The number of amides is 2. The summed E-state index contributed by atoms with van der Waals surface area (Å²) in [4.78, 5) is 30.8. The number of hydrogen-bond donors (Lipinski definition) is 1. The number of nitrogens with one attached hydrogen (secondary N) is 1. The van der Waals surface area contributed by atoms with E-state index in [-0.39, 0.29) is 11.8 Å². The van der Waals surface area contributed by atoms with Crippen molar-refractivity contribution in [3.8, 4) is 0 Å². The number of rotatable bonds is 9. The molecule has 0 radical (unpaired) electrons. The van der Waals surface area contributed by atoms with E-state index in [0.29, 0.717) is 31.1 Å². The monoisotopic (exact) mass is 421 g/mol. The molecule has 6 heteroatoms. The molecule has 0 aliphatic rings. The third kappa shape index (κ3) is 5.33. The van der Waals surface area contributed by atoms with Gasteiger partial charge in [-0.15, -0.1) is 11.3 Å². The fourth-order valence-corrected chi connectivity index (χ4v) is 4.24. The zero-order valence-corrected chi connectivity index (χ0v) is 18.2. The maximum atomic E-state index is 12.9. The Bertz CT molecular complexity index is 993. The SMILES string of the molecule is C=CC(=O)NCc1ccc(C(=O)N(CC)CCC(C)c2nc3ccccc3s2)cc1. The lowest BCUT2D eigenvalue weighted by molar-refractivity contribution is -0.116. The smallest absolute Gasteiger partial charge is 0.253 e.